The molecule has 1 fully saturated rings. The van der Waals surface area contributed by atoms with Crippen molar-refractivity contribution in [3.05, 3.63) is 47.8 Å². The molecule has 1 aliphatic carbocycles. The molecule has 3 aromatic rings. The van der Waals surface area contributed by atoms with Crippen LogP contribution in [-0.2, 0) is 17.9 Å². The van der Waals surface area contributed by atoms with Gasteiger partial charge in [0.1, 0.15) is 5.69 Å². The molecule has 2 amide bonds. The van der Waals surface area contributed by atoms with Crippen molar-refractivity contribution in [1.29, 1.82) is 0 Å². The fourth-order valence-corrected chi connectivity index (χ4v) is 3.67. The molecule has 15 heteroatoms. The monoisotopic (exact) mass is 531 g/mol. The number of nitrogens with zero attached hydrogens (tertiary/aromatic N) is 5. The van der Waals surface area contributed by atoms with E-state index in [1.807, 2.05) is 0 Å². The minimum atomic E-state index is -4.42. The summed E-state index contributed by atoms with van der Waals surface area (Å²) >= 11 is 0. The molecule has 2 N–H and O–H groups in total. The van der Waals surface area contributed by atoms with Crippen LogP contribution in [-0.4, -0.2) is 48.3 Å². The average molecular weight is 531 g/mol. The van der Waals surface area contributed by atoms with Crippen LogP contribution in [0.15, 0.2) is 30.7 Å². The Morgan fingerprint density at radius 1 is 1.03 bits per heavy atom. The number of rotatable bonds is 10. The number of carbonyl (C=O) groups excluding carboxylic acids is 2. The minimum absolute atomic E-state index is 0.00678. The minimum Gasteiger partial charge on any atom is -0.347 e. The van der Waals surface area contributed by atoms with Crippen molar-refractivity contribution in [3.8, 4) is 0 Å². The standard InChI is InChI=1S/C22H23F6N7O2/c23-21(24,25)6-3-17(36)32-18(13-1-2-13)15-4-8-34-12-14(30-20(34)31-15)11-29-19(37)16-5-9-35(33-16)10-7-22(26,27)28/h4-5,8-9,12-13,18H,1-3,6-7,10-11H2,(H,29,37)(H,32,36). The second-order valence-corrected chi connectivity index (χ2v) is 8.80. The molecule has 37 heavy (non-hydrogen) atoms. The van der Waals surface area contributed by atoms with E-state index in [9.17, 15) is 35.9 Å². The van der Waals surface area contributed by atoms with Gasteiger partial charge in [0.2, 0.25) is 11.7 Å². The summed E-state index contributed by atoms with van der Waals surface area (Å²) in [6.07, 6.45) is -5.50. The van der Waals surface area contributed by atoms with E-state index in [-0.39, 0.29) is 23.9 Å². The molecular weight excluding hydrogens is 508 g/mol. The molecule has 9 nitrogen and oxygen atoms in total. The van der Waals surface area contributed by atoms with E-state index in [1.165, 1.54) is 12.3 Å². The zero-order valence-electron chi connectivity index (χ0n) is 19.3. The topological polar surface area (TPSA) is 106 Å². The van der Waals surface area contributed by atoms with Crippen LogP contribution in [0, 0.1) is 5.92 Å². The van der Waals surface area contributed by atoms with Gasteiger partial charge < -0.3 is 10.6 Å². The molecule has 1 aliphatic rings. The highest BCUT2D eigenvalue weighted by atomic mass is 19.4. The quantitative estimate of drug-likeness (QED) is 0.388. The summed E-state index contributed by atoms with van der Waals surface area (Å²) < 4.78 is 77.0. The van der Waals surface area contributed by atoms with Crippen molar-refractivity contribution in [2.24, 2.45) is 5.92 Å². The van der Waals surface area contributed by atoms with Crippen molar-refractivity contribution in [3.63, 3.8) is 0 Å². The van der Waals surface area contributed by atoms with Gasteiger partial charge in [-0.3, -0.25) is 18.7 Å². The third-order valence-corrected chi connectivity index (χ3v) is 5.69. The number of hydrogen-bond acceptors (Lipinski definition) is 5. The first-order valence-electron chi connectivity index (χ1n) is 11.5. The Bertz CT molecular complexity index is 1260. The number of alkyl halides is 6. The van der Waals surface area contributed by atoms with Gasteiger partial charge in [0.15, 0.2) is 0 Å². The van der Waals surface area contributed by atoms with Crippen molar-refractivity contribution in [2.75, 3.05) is 0 Å². The molecule has 0 aromatic carbocycles. The molecule has 1 unspecified atom stereocenters. The Balaban J connectivity index is 1.36. The number of amides is 2. The molecule has 200 valence electrons. The summed E-state index contributed by atoms with van der Waals surface area (Å²) in [5.74, 6) is -0.946. The third kappa shape index (κ3) is 7.67. The van der Waals surface area contributed by atoms with Crippen molar-refractivity contribution < 1.29 is 35.9 Å². The lowest BCUT2D eigenvalue weighted by Gasteiger charge is -2.18. The van der Waals surface area contributed by atoms with E-state index in [0.29, 0.717) is 11.4 Å². The smallest absolute Gasteiger partial charge is 0.347 e. The van der Waals surface area contributed by atoms with Crippen LogP contribution in [0.1, 0.15) is 60.0 Å². The van der Waals surface area contributed by atoms with Gasteiger partial charge in [-0.25, -0.2) is 9.97 Å². The largest absolute Gasteiger partial charge is 0.390 e. The van der Waals surface area contributed by atoms with Crippen LogP contribution in [0.5, 0.6) is 0 Å². The zero-order chi connectivity index (χ0) is 26.8. The molecule has 0 radical (unpaired) electrons. The van der Waals surface area contributed by atoms with E-state index in [4.69, 9.17) is 0 Å². The summed E-state index contributed by atoms with van der Waals surface area (Å²) in [4.78, 5) is 33.2. The number of halogens is 6. The lowest BCUT2D eigenvalue weighted by molar-refractivity contribution is -0.144. The molecule has 0 bridgehead atoms. The van der Waals surface area contributed by atoms with Gasteiger partial charge in [0, 0.05) is 31.6 Å². The second-order valence-electron chi connectivity index (χ2n) is 8.80. The number of imidazole rings is 1. The number of aryl methyl sites for hydroxylation is 1. The van der Waals surface area contributed by atoms with Crippen molar-refractivity contribution >= 4 is 17.6 Å². The second kappa shape index (κ2) is 10.4. The Kier molecular flexibility index (Phi) is 7.41. The van der Waals surface area contributed by atoms with Gasteiger partial charge in [-0.15, -0.1) is 0 Å². The predicted octanol–water partition coefficient (Wildman–Crippen LogP) is 3.72. The maximum Gasteiger partial charge on any atom is 0.390 e. The van der Waals surface area contributed by atoms with Crippen LogP contribution in [0.2, 0.25) is 0 Å². The number of nitrogens with one attached hydrogen (secondary N) is 2. The molecule has 1 saturated carbocycles. The summed E-state index contributed by atoms with van der Waals surface area (Å²) in [5.41, 5.74) is 0.868. The Labute approximate surface area is 206 Å². The molecular formula is C22H23F6N7O2. The van der Waals surface area contributed by atoms with Gasteiger partial charge in [-0.05, 0) is 30.9 Å². The van der Waals surface area contributed by atoms with Crippen LogP contribution < -0.4 is 10.6 Å². The molecule has 3 aromatic heterocycles. The van der Waals surface area contributed by atoms with Gasteiger partial charge in [-0.2, -0.15) is 31.4 Å². The fourth-order valence-electron chi connectivity index (χ4n) is 3.67. The molecule has 0 saturated heterocycles. The highest BCUT2D eigenvalue weighted by molar-refractivity contribution is 5.92. The first kappa shape index (κ1) is 26.4. The Hall–Kier alpha value is -3.65. The summed E-state index contributed by atoms with van der Waals surface area (Å²) in [5, 5.41) is 9.08. The normalized spacial score (nSPS) is 15.1. The van der Waals surface area contributed by atoms with E-state index < -0.39 is 56.0 Å². The third-order valence-electron chi connectivity index (χ3n) is 5.69. The molecule has 4 rings (SSSR count). The molecule has 0 aliphatic heterocycles. The first-order chi connectivity index (χ1) is 17.4. The van der Waals surface area contributed by atoms with E-state index in [2.05, 4.69) is 25.7 Å². The number of fused-ring (bicyclic) bond motifs is 1. The maximum absolute atomic E-state index is 12.4. The predicted molar refractivity (Wildman–Crippen MR) is 116 cm³/mol. The molecule has 0 spiro atoms. The van der Waals surface area contributed by atoms with Crippen LogP contribution >= 0.6 is 0 Å². The molecule has 3 heterocycles. The van der Waals surface area contributed by atoms with Gasteiger partial charge in [-0.1, -0.05) is 0 Å². The lowest BCUT2D eigenvalue weighted by atomic mass is 10.1. The summed E-state index contributed by atoms with van der Waals surface area (Å²) in [7, 11) is 0. The number of aromatic nitrogens is 5. The van der Waals surface area contributed by atoms with Crippen LogP contribution in [0.4, 0.5) is 26.3 Å². The van der Waals surface area contributed by atoms with Crippen molar-refractivity contribution in [2.45, 2.75) is 63.6 Å². The highest BCUT2D eigenvalue weighted by Crippen LogP contribution is 2.40. The van der Waals surface area contributed by atoms with E-state index in [0.717, 1.165) is 17.5 Å². The summed E-state index contributed by atoms with van der Waals surface area (Å²) in [6.45, 7) is -0.408. The van der Waals surface area contributed by atoms with Gasteiger partial charge in [0.25, 0.3) is 5.91 Å². The SMILES string of the molecule is O=C(CCC(F)(F)F)NC(c1ccn2cc(CNC(=O)c3ccn(CCC(F)(F)F)n3)nc2n1)C1CC1. The Morgan fingerprint density at radius 2 is 1.76 bits per heavy atom. The van der Waals surface area contributed by atoms with Crippen LogP contribution in [0.25, 0.3) is 5.78 Å². The van der Waals surface area contributed by atoms with Gasteiger partial charge in [0.05, 0.1) is 36.8 Å². The number of hydrogen-bond donors (Lipinski definition) is 2. The Morgan fingerprint density at radius 3 is 2.43 bits per heavy atom. The zero-order valence-corrected chi connectivity index (χ0v) is 19.3. The van der Waals surface area contributed by atoms with Gasteiger partial charge >= 0.3 is 12.4 Å². The average Bonchev–Trinajstić information content (AvgIpc) is 3.39. The van der Waals surface area contributed by atoms with E-state index >= 15 is 0 Å². The van der Waals surface area contributed by atoms with Crippen molar-refractivity contribution in [1.82, 2.24) is 34.8 Å². The molecule has 1 atom stereocenters. The van der Waals surface area contributed by atoms with Crippen LogP contribution in [0.3, 0.4) is 0 Å². The van der Waals surface area contributed by atoms with E-state index in [1.54, 1.807) is 22.9 Å². The fraction of sp³-hybridized carbons (Fsp3) is 0.500. The lowest BCUT2D eigenvalue weighted by Crippen LogP contribution is -2.31. The maximum atomic E-state index is 12.4. The summed E-state index contributed by atoms with van der Waals surface area (Å²) in [6, 6.07) is 2.43. The number of carbonyl (C=O) groups is 2. The highest BCUT2D eigenvalue weighted by Gasteiger charge is 2.35. The first-order valence-corrected chi connectivity index (χ1v) is 11.5.